The van der Waals surface area contributed by atoms with Gasteiger partial charge in [0.15, 0.2) is 5.76 Å². The van der Waals surface area contributed by atoms with Crippen molar-refractivity contribution in [3.63, 3.8) is 0 Å². The second kappa shape index (κ2) is 6.04. The molecule has 9 nitrogen and oxygen atoms in total. The number of rotatable bonds is 4. The van der Waals surface area contributed by atoms with Crippen LogP contribution < -0.4 is 10.1 Å². The van der Waals surface area contributed by atoms with Crippen LogP contribution in [0.2, 0.25) is 0 Å². The van der Waals surface area contributed by atoms with Gasteiger partial charge in [-0.3, -0.25) is 10.1 Å². The van der Waals surface area contributed by atoms with Gasteiger partial charge in [-0.25, -0.2) is 0 Å². The lowest BCUT2D eigenvalue weighted by atomic mass is 10.3. The van der Waals surface area contributed by atoms with Crippen LogP contribution in [-0.4, -0.2) is 30.5 Å². The number of nitrogens with one attached hydrogen (secondary N) is 1. The number of aromatic nitrogens is 5. The van der Waals surface area contributed by atoms with E-state index in [9.17, 15) is 4.79 Å². The molecule has 0 aliphatic carbocycles. The summed E-state index contributed by atoms with van der Waals surface area (Å²) in [6.45, 7) is 1.37. The number of ether oxygens (including phenoxy) is 1. The molecule has 0 spiro atoms. The molecule has 1 N–H and O–H groups in total. The maximum absolute atomic E-state index is 11.5. The SMILES string of the molecule is CC(=O)Nc1nc(Oc2ccccc2)nc2nc(-c3ccco3)nn12. The number of fused-ring (bicyclic) bond motifs is 1. The molecule has 4 aromatic rings. The molecule has 0 saturated carbocycles. The monoisotopic (exact) mass is 336 g/mol. The summed E-state index contributed by atoms with van der Waals surface area (Å²) < 4.78 is 12.2. The van der Waals surface area contributed by atoms with Crippen molar-refractivity contribution in [3.05, 3.63) is 48.7 Å². The number of hydrogen-bond acceptors (Lipinski definition) is 7. The van der Waals surface area contributed by atoms with Crippen molar-refractivity contribution in [1.82, 2.24) is 24.6 Å². The fraction of sp³-hybridized carbons (Fsp3) is 0.0625. The molecule has 1 aromatic carbocycles. The number of amides is 1. The van der Waals surface area contributed by atoms with Gasteiger partial charge in [-0.2, -0.15) is 19.5 Å². The van der Waals surface area contributed by atoms with Crippen LogP contribution in [-0.2, 0) is 4.79 Å². The second-order valence-electron chi connectivity index (χ2n) is 5.05. The van der Waals surface area contributed by atoms with E-state index in [1.165, 1.54) is 17.7 Å². The van der Waals surface area contributed by atoms with Gasteiger partial charge in [-0.05, 0) is 24.3 Å². The molecule has 3 aromatic heterocycles. The highest BCUT2D eigenvalue weighted by atomic mass is 16.5. The Morgan fingerprint density at radius 3 is 2.68 bits per heavy atom. The molecular formula is C16H12N6O3. The van der Waals surface area contributed by atoms with E-state index in [1.807, 2.05) is 18.2 Å². The number of furan rings is 1. The van der Waals surface area contributed by atoms with E-state index in [2.05, 4.69) is 25.4 Å². The molecule has 25 heavy (non-hydrogen) atoms. The Labute approximate surface area is 141 Å². The first-order valence-electron chi connectivity index (χ1n) is 7.38. The zero-order valence-corrected chi connectivity index (χ0v) is 13.1. The normalized spacial score (nSPS) is 10.8. The van der Waals surface area contributed by atoms with Gasteiger partial charge in [0.05, 0.1) is 6.26 Å². The molecule has 0 aliphatic heterocycles. The lowest BCUT2D eigenvalue weighted by molar-refractivity contribution is -0.114. The highest BCUT2D eigenvalue weighted by Gasteiger charge is 2.17. The molecular weight excluding hydrogens is 324 g/mol. The minimum Gasteiger partial charge on any atom is -0.461 e. The van der Waals surface area contributed by atoms with Gasteiger partial charge < -0.3 is 9.15 Å². The number of carbonyl (C=O) groups excluding carboxylic acids is 1. The van der Waals surface area contributed by atoms with Crippen LogP contribution >= 0.6 is 0 Å². The Kier molecular flexibility index (Phi) is 3.58. The first-order valence-corrected chi connectivity index (χ1v) is 7.38. The summed E-state index contributed by atoms with van der Waals surface area (Å²) in [5.41, 5.74) is 0. The van der Waals surface area contributed by atoms with Crippen LogP contribution in [0, 0.1) is 0 Å². The zero-order chi connectivity index (χ0) is 17.2. The average Bonchev–Trinajstić information content (AvgIpc) is 3.24. The molecule has 124 valence electrons. The Morgan fingerprint density at radius 2 is 1.96 bits per heavy atom. The molecule has 3 heterocycles. The second-order valence-corrected chi connectivity index (χ2v) is 5.05. The van der Waals surface area contributed by atoms with E-state index in [0.717, 1.165) is 0 Å². The highest BCUT2D eigenvalue weighted by molar-refractivity contribution is 5.87. The van der Waals surface area contributed by atoms with Crippen LogP contribution in [0.4, 0.5) is 5.95 Å². The van der Waals surface area contributed by atoms with E-state index >= 15 is 0 Å². The lowest BCUT2D eigenvalue weighted by Crippen LogP contribution is -2.13. The molecule has 0 bridgehead atoms. The van der Waals surface area contributed by atoms with Crippen LogP contribution in [0.15, 0.2) is 53.1 Å². The van der Waals surface area contributed by atoms with E-state index in [1.54, 1.807) is 24.3 Å². The first kappa shape index (κ1) is 14.8. The van der Waals surface area contributed by atoms with Crippen molar-refractivity contribution < 1.29 is 13.9 Å². The quantitative estimate of drug-likeness (QED) is 0.610. The number of para-hydroxylation sites is 1. The van der Waals surface area contributed by atoms with Gasteiger partial charge >= 0.3 is 6.01 Å². The van der Waals surface area contributed by atoms with Crippen molar-refractivity contribution >= 4 is 17.6 Å². The van der Waals surface area contributed by atoms with E-state index in [4.69, 9.17) is 9.15 Å². The average molecular weight is 336 g/mol. The minimum atomic E-state index is -0.305. The number of carbonyl (C=O) groups is 1. The Morgan fingerprint density at radius 1 is 1.12 bits per heavy atom. The van der Waals surface area contributed by atoms with Crippen molar-refractivity contribution in [2.45, 2.75) is 6.92 Å². The maximum atomic E-state index is 11.5. The van der Waals surface area contributed by atoms with E-state index in [0.29, 0.717) is 17.3 Å². The Hall–Kier alpha value is -3.75. The van der Waals surface area contributed by atoms with Crippen LogP contribution in [0.5, 0.6) is 11.8 Å². The van der Waals surface area contributed by atoms with Crippen LogP contribution in [0.25, 0.3) is 17.4 Å². The van der Waals surface area contributed by atoms with Crippen molar-refractivity contribution in [2.75, 3.05) is 5.32 Å². The molecule has 0 unspecified atom stereocenters. The Balaban J connectivity index is 1.80. The number of benzene rings is 1. The van der Waals surface area contributed by atoms with E-state index < -0.39 is 0 Å². The molecule has 0 atom stereocenters. The molecule has 0 fully saturated rings. The number of anilines is 1. The van der Waals surface area contributed by atoms with Gasteiger partial charge in [-0.15, -0.1) is 5.10 Å². The number of hydrogen-bond donors (Lipinski definition) is 1. The van der Waals surface area contributed by atoms with Gasteiger partial charge in [-0.1, -0.05) is 18.2 Å². The van der Waals surface area contributed by atoms with Crippen LogP contribution in [0.3, 0.4) is 0 Å². The third-order valence-corrected chi connectivity index (χ3v) is 3.17. The number of nitrogens with zero attached hydrogens (tertiary/aromatic N) is 5. The minimum absolute atomic E-state index is 0.0424. The molecule has 1 amide bonds. The zero-order valence-electron chi connectivity index (χ0n) is 13.1. The summed E-state index contributed by atoms with van der Waals surface area (Å²) in [6, 6.07) is 12.6. The predicted octanol–water partition coefficient (Wildman–Crippen LogP) is 2.53. The lowest BCUT2D eigenvalue weighted by Gasteiger charge is -2.06. The van der Waals surface area contributed by atoms with Crippen molar-refractivity contribution in [1.29, 1.82) is 0 Å². The highest BCUT2D eigenvalue weighted by Crippen LogP contribution is 2.22. The largest absolute Gasteiger partial charge is 0.461 e. The maximum Gasteiger partial charge on any atom is 0.328 e. The van der Waals surface area contributed by atoms with Gasteiger partial charge in [0.25, 0.3) is 5.78 Å². The summed E-state index contributed by atoms with van der Waals surface area (Å²) in [6.07, 6.45) is 1.52. The molecule has 0 saturated heterocycles. The summed E-state index contributed by atoms with van der Waals surface area (Å²) in [5, 5.41) is 6.87. The molecule has 4 rings (SSSR count). The summed E-state index contributed by atoms with van der Waals surface area (Å²) >= 11 is 0. The standard InChI is InChI=1S/C16H12N6O3/c1-10(23)17-14-19-16(25-11-6-3-2-4-7-11)20-15-18-13(21-22(14)15)12-8-5-9-24-12/h2-9H,1H3,(H,17,18,19,20,21,23). The van der Waals surface area contributed by atoms with E-state index in [-0.39, 0.29) is 23.6 Å². The Bertz CT molecular complexity index is 1030. The summed E-state index contributed by atoms with van der Waals surface area (Å²) in [4.78, 5) is 24.2. The smallest absolute Gasteiger partial charge is 0.328 e. The fourth-order valence-corrected chi connectivity index (χ4v) is 2.15. The third-order valence-electron chi connectivity index (χ3n) is 3.17. The molecule has 0 aliphatic rings. The summed E-state index contributed by atoms with van der Waals surface area (Å²) in [5.74, 6) is 1.42. The predicted molar refractivity (Wildman–Crippen MR) is 87.1 cm³/mol. The van der Waals surface area contributed by atoms with Gasteiger partial charge in [0.1, 0.15) is 5.75 Å². The van der Waals surface area contributed by atoms with Crippen molar-refractivity contribution in [2.24, 2.45) is 0 Å². The van der Waals surface area contributed by atoms with Gasteiger partial charge in [0.2, 0.25) is 17.7 Å². The topological polar surface area (TPSA) is 107 Å². The summed E-state index contributed by atoms with van der Waals surface area (Å²) in [7, 11) is 0. The van der Waals surface area contributed by atoms with Gasteiger partial charge in [0, 0.05) is 6.92 Å². The third kappa shape index (κ3) is 3.02. The fourth-order valence-electron chi connectivity index (χ4n) is 2.15. The molecule has 9 heteroatoms. The van der Waals surface area contributed by atoms with Crippen molar-refractivity contribution in [3.8, 4) is 23.3 Å². The van der Waals surface area contributed by atoms with Crippen LogP contribution in [0.1, 0.15) is 6.92 Å². The molecule has 0 radical (unpaired) electrons. The first-order chi connectivity index (χ1) is 12.2.